The van der Waals surface area contributed by atoms with Crippen molar-refractivity contribution in [1.82, 2.24) is 15.5 Å². The van der Waals surface area contributed by atoms with Crippen LogP contribution in [-0.2, 0) is 0 Å². The van der Waals surface area contributed by atoms with Gasteiger partial charge in [-0.2, -0.15) is 0 Å². The van der Waals surface area contributed by atoms with Crippen LogP contribution in [0.15, 0.2) is 49.0 Å². The molecule has 2 fully saturated rings. The van der Waals surface area contributed by atoms with Gasteiger partial charge in [-0.1, -0.05) is 85.9 Å². The van der Waals surface area contributed by atoms with Crippen LogP contribution in [-0.4, -0.2) is 29.6 Å². The van der Waals surface area contributed by atoms with Gasteiger partial charge >= 0.3 is 0 Å². The highest BCUT2D eigenvalue weighted by Gasteiger charge is 2.53. The molecule has 0 aromatic heterocycles. The molecule has 0 spiro atoms. The van der Waals surface area contributed by atoms with Gasteiger partial charge in [-0.05, 0) is 68.1 Å². The van der Waals surface area contributed by atoms with Gasteiger partial charge < -0.3 is 15.5 Å². The Balaban J connectivity index is 1.94. The predicted octanol–water partition coefficient (Wildman–Crippen LogP) is 7.65. The number of piperidine rings is 1. The van der Waals surface area contributed by atoms with E-state index in [0.29, 0.717) is 18.0 Å². The van der Waals surface area contributed by atoms with Crippen LogP contribution in [0.5, 0.6) is 0 Å². The molecule has 0 bridgehead atoms. The lowest BCUT2D eigenvalue weighted by Gasteiger charge is -2.39. The van der Waals surface area contributed by atoms with Crippen LogP contribution < -0.4 is 10.6 Å². The Morgan fingerprint density at radius 2 is 1.59 bits per heavy atom. The summed E-state index contributed by atoms with van der Waals surface area (Å²) in [6, 6.07) is 1.13. The molecule has 1 saturated carbocycles. The molecule has 0 amide bonds. The maximum Gasteiger partial charge on any atom is 0.0917 e. The van der Waals surface area contributed by atoms with Crippen molar-refractivity contribution in [2.45, 2.75) is 112 Å². The fourth-order valence-corrected chi connectivity index (χ4v) is 5.37. The van der Waals surface area contributed by atoms with Gasteiger partial charge in [0.2, 0.25) is 0 Å². The molecular formula is C31H55N3. The lowest BCUT2D eigenvalue weighted by atomic mass is 9.83. The maximum absolute atomic E-state index is 4.54. The first-order valence-corrected chi connectivity index (χ1v) is 13.7. The van der Waals surface area contributed by atoms with Crippen LogP contribution in [0.2, 0.25) is 0 Å². The van der Waals surface area contributed by atoms with Crippen molar-refractivity contribution >= 4 is 0 Å². The molecule has 1 aliphatic carbocycles. The molecular weight excluding hydrogens is 414 g/mol. The third-order valence-corrected chi connectivity index (χ3v) is 7.94. The summed E-state index contributed by atoms with van der Waals surface area (Å²) < 4.78 is 0. The molecule has 0 aromatic carbocycles. The quantitative estimate of drug-likeness (QED) is 0.241. The van der Waals surface area contributed by atoms with Crippen molar-refractivity contribution < 1.29 is 0 Å². The highest BCUT2D eigenvalue weighted by atomic mass is 15.2. The second-order valence-corrected chi connectivity index (χ2v) is 13.1. The predicted molar refractivity (Wildman–Crippen MR) is 150 cm³/mol. The van der Waals surface area contributed by atoms with E-state index in [4.69, 9.17) is 0 Å². The summed E-state index contributed by atoms with van der Waals surface area (Å²) in [5, 5.41) is 7.47. The molecule has 0 radical (unpaired) electrons. The number of nitrogens with zero attached hydrogens (tertiary/aromatic N) is 1. The average molecular weight is 470 g/mol. The van der Waals surface area contributed by atoms with Crippen molar-refractivity contribution in [3.63, 3.8) is 0 Å². The van der Waals surface area contributed by atoms with Gasteiger partial charge in [-0.3, -0.25) is 0 Å². The molecule has 3 nitrogen and oxygen atoms in total. The topological polar surface area (TPSA) is 27.3 Å². The second kappa shape index (κ2) is 11.9. The molecule has 2 aliphatic rings. The molecule has 2 N–H and O–H groups in total. The van der Waals surface area contributed by atoms with Gasteiger partial charge in [0.05, 0.1) is 11.9 Å². The largest absolute Gasteiger partial charge is 0.369 e. The van der Waals surface area contributed by atoms with Gasteiger partial charge in [0.1, 0.15) is 0 Å². The summed E-state index contributed by atoms with van der Waals surface area (Å²) in [5.41, 5.74) is 3.99. The first kappa shape index (κ1) is 28.6. The Bertz CT molecular complexity index is 738. The zero-order valence-electron chi connectivity index (χ0n) is 23.8. The lowest BCUT2D eigenvalue weighted by Crippen LogP contribution is -2.47. The Morgan fingerprint density at radius 3 is 2.12 bits per heavy atom. The minimum atomic E-state index is 0.0907. The fourth-order valence-electron chi connectivity index (χ4n) is 5.37. The standard InChI is InChI=1S/C31H55N3/c1-20(2)13-14-23(7)15-16-28(21(3)4)32-25(9)33-29(31(10,11)12)17-24(8)34-19-26-18-27(26)30(34)22(5)6/h20-21,26-30,32-33H,5,7-9,13-19H2,1-4,6,10-12H3/t26-,27-,28?,29?,30?/m0/s1. The highest BCUT2D eigenvalue weighted by Crippen LogP contribution is 2.52. The Hall–Kier alpha value is -1.64. The summed E-state index contributed by atoms with van der Waals surface area (Å²) in [6.07, 6.45) is 6.83. The first-order chi connectivity index (χ1) is 15.7. The Labute approximate surface area is 212 Å². The van der Waals surface area contributed by atoms with Gasteiger partial charge in [-0.15, -0.1) is 0 Å². The average Bonchev–Trinajstić information content (AvgIpc) is 3.36. The van der Waals surface area contributed by atoms with Crippen LogP contribution >= 0.6 is 0 Å². The van der Waals surface area contributed by atoms with Crippen LogP contribution in [0.25, 0.3) is 0 Å². The fraction of sp³-hybridized carbons (Fsp3) is 0.742. The monoisotopic (exact) mass is 469 g/mol. The van der Waals surface area contributed by atoms with E-state index >= 15 is 0 Å². The first-order valence-electron chi connectivity index (χ1n) is 13.7. The molecule has 1 heterocycles. The number of nitrogens with one attached hydrogen (secondary N) is 2. The minimum absolute atomic E-state index is 0.0907. The summed E-state index contributed by atoms with van der Waals surface area (Å²) >= 11 is 0. The van der Waals surface area contributed by atoms with E-state index in [0.717, 1.165) is 55.8 Å². The van der Waals surface area contributed by atoms with Crippen molar-refractivity contribution in [3.8, 4) is 0 Å². The number of hydrogen-bond donors (Lipinski definition) is 2. The van der Waals surface area contributed by atoms with Gasteiger partial charge in [-0.25, -0.2) is 0 Å². The molecule has 1 aliphatic heterocycles. The lowest BCUT2D eigenvalue weighted by molar-refractivity contribution is 0.235. The number of allylic oxidation sites excluding steroid dienone is 1. The van der Waals surface area contributed by atoms with Gasteiger partial charge in [0, 0.05) is 30.7 Å². The van der Waals surface area contributed by atoms with E-state index in [-0.39, 0.29) is 11.5 Å². The van der Waals surface area contributed by atoms with E-state index in [1.54, 1.807) is 0 Å². The molecule has 3 unspecified atom stereocenters. The van der Waals surface area contributed by atoms with Gasteiger partial charge in [0.15, 0.2) is 0 Å². The number of fused-ring (bicyclic) bond motifs is 1. The van der Waals surface area contributed by atoms with E-state index in [9.17, 15) is 0 Å². The van der Waals surface area contributed by atoms with Crippen LogP contribution in [0, 0.1) is 29.1 Å². The third-order valence-electron chi connectivity index (χ3n) is 7.94. The number of likely N-dealkylation sites (tertiary alicyclic amines) is 1. The molecule has 2 rings (SSSR count). The summed E-state index contributed by atoms with van der Waals surface area (Å²) in [6.45, 7) is 36.9. The molecule has 1 saturated heterocycles. The summed E-state index contributed by atoms with van der Waals surface area (Å²) in [5.74, 6) is 3.85. The number of hydrogen-bond acceptors (Lipinski definition) is 3. The molecule has 34 heavy (non-hydrogen) atoms. The van der Waals surface area contributed by atoms with Crippen molar-refractivity contribution in [1.29, 1.82) is 0 Å². The zero-order chi connectivity index (χ0) is 25.8. The number of rotatable bonds is 15. The van der Waals surface area contributed by atoms with Gasteiger partial charge in [0.25, 0.3) is 0 Å². The Morgan fingerprint density at radius 1 is 0.971 bits per heavy atom. The Kier molecular flexibility index (Phi) is 9.98. The zero-order valence-corrected chi connectivity index (χ0v) is 23.8. The summed E-state index contributed by atoms with van der Waals surface area (Å²) in [4.78, 5) is 2.54. The van der Waals surface area contributed by atoms with E-state index < -0.39 is 0 Å². The highest BCUT2D eigenvalue weighted by molar-refractivity contribution is 5.22. The van der Waals surface area contributed by atoms with E-state index in [1.807, 2.05) is 0 Å². The third kappa shape index (κ3) is 8.24. The SMILES string of the molecule is C=C(CCC(C)C)CCC(NC(=C)NC(CC(=C)N1C[C@@H]2C[C@@H]2C1C(=C)C)C(C)(C)C)C(C)C. The van der Waals surface area contributed by atoms with Crippen LogP contribution in [0.1, 0.15) is 93.9 Å². The van der Waals surface area contributed by atoms with Crippen molar-refractivity contribution in [2.24, 2.45) is 29.1 Å². The second-order valence-electron chi connectivity index (χ2n) is 13.1. The summed E-state index contributed by atoms with van der Waals surface area (Å²) in [7, 11) is 0. The van der Waals surface area contributed by atoms with Crippen molar-refractivity contribution in [2.75, 3.05) is 6.54 Å². The minimum Gasteiger partial charge on any atom is -0.369 e. The molecule has 0 aromatic rings. The van der Waals surface area contributed by atoms with Crippen LogP contribution in [0.3, 0.4) is 0 Å². The molecule has 194 valence electrons. The van der Waals surface area contributed by atoms with Crippen molar-refractivity contribution in [3.05, 3.63) is 49.0 Å². The maximum atomic E-state index is 4.54. The van der Waals surface area contributed by atoms with Crippen LogP contribution in [0.4, 0.5) is 0 Å². The smallest absolute Gasteiger partial charge is 0.0917 e. The normalized spacial score (nSPS) is 23.5. The van der Waals surface area contributed by atoms with E-state index in [1.165, 1.54) is 29.7 Å². The molecule has 5 atom stereocenters. The van der Waals surface area contributed by atoms with E-state index in [2.05, 4.69) is 97.2 Å². The molecule has 3 heteroatoms.